The minimum Gasteiger partial charge on any atom is -0.508 e. The molecule has 1 aromatic rings. The van der Waals surface area contributed by atoms with Gasteiger partial charge < -0.3 is 38.6 Å². The molecule has 1 saturated heterocycles. The second kappa shape index (κ2) is 11.9. The average molecular weight is 505 g/mol. The molecule has 0 aromatic heterocycles. The summed E-state index contributed by atoms with van der Waals surface area (Å²) in [4.78, 5) is 46.7. The first-order chi connectivity index (χ1) is 15.9. The minimum atomic E-state index is -1.44. The van der Waals surface area contributed by atoms with E-state index in [1.54, 1.807) is 0 Å². The summed E-state index contributed by atoms with van der Waals surface area (Å²) in [5.74, 6) is -3.62. The van der Waals surface area contributed by atoms with Crippen LogP contribution in [0.15, 0.2) is 12.1 Å². The van der Waals surface area contributed by atoms with Gasteiger partial charge in [0.25, 0.3) is 0 Å². The molecule has 34 heavy (non-hydrogen) atoms. The fourth-order valence-corrected chi connectivity index (χ4v) is 3.48. The number of phenolic OH excluding ortho intramolecular Hbond substituents is 2. The highest BCUT2D eigenvalue weighted by molar-refractivity contribution is 6.32. The molecule has 0 unspecified atom stereocenters. The summed E-state index contributed by atoms with van der Waals surface area (Å²) in [6.07, 6.45) is -6.77. The summed E-state index contributed by atoms with van der Waals surface area (Å²) in [6.45, 7) is 3.63. The maximum atomic E-state index is 11.8. The number of carbonyl (C=O) groups excluding carboxylic acids is 4. The van der Waals surface area contributed by atoms with Gasteiger partial charge in [0.1, 0.15) is 24.2 Å². The van der Waals surface area contributed by atoms with Gasteiger partial charge in [0.2, 0.25) is 0 Å². The molecule has 0 radical (unpaired) electrons. The molecule has 12 nitrogen and oxygen atoms in total. The third-order valence-corrected chi connectivity index (χ3v) is 4.77. The molecule has 1 aliphatic heterocycles. The van der Waals surface area contributed by atoms with E-state index in [-0.39, 0.29) is 22.1 Å². The smallest absolute Gasteiger partial charge is 0.303 e. The van der Waals surface area contributed by atoms with Crippen molar-refractivity contribution >= 4 is 35.5 Å². The van der Waals surface area contributed by atoms with Gasteiger partial charge in [-0.05, 0) is 6.07 Å². The van der Waals surface area contributed by atoms with Crippen LogP contribution in [0.4, 0.5) is 0 Å². The number of aromatic hydroxyl groups is 2. The number of ether oxygens (including phenoxy) is 6. The van der Waals surface area contributed by atoms with Crippen molar-refractivity contribution in [1.82, 2.24) is 0 Å². The molecule has 188 valence electrons. The van der Waals surface area contributed by atoms with E-state index < -0.39 is 67.8 Å². The van der Waals surface area contributed by atoms with E-state index in [2.05, 4.69) is 0 Å². The monoisotopic (exact) mass is 504 g/mol. The topological polar surface area (TPSA) is 164 Å². The Morgan fingerprint density at radius 2 is 1.44 bits per heavy atom. The van der Waals surface area contributed by atoms with Crippen molar-refractivity contribution in [3.63, 3.8) is 0 Å². The maximum absolute atomic E-state index is 11.8. The molecule has 1 heterocycles. The number of benzene rings is 1. The Balaban J connectivity index is 2.42. The van der Waals surface area contributed by atoms with Gasteiger partial charge >= 0.3 is 23.9 Å². The zero-order chi connectivity index (χ0) is 25.6. The SMILES string of the molecule is CC(=O)OC[C@H]1O[C@H](OCc2cc(O)cc(Cl)c2O)[C@@H](OC(C)=O)[C@@H](OC(C)=O)[C@@H]1OC(C)=O. The second-order valence-corrected chi connectivity index (χ2v) is 7.72. The van der Waals surface area contributed by atoms with E-state index in [0.717, 1.165) is 33.8 Å². The molecule has 2 N–H and O–H groups in total. The first-order valence-corrected chi connectivity index (χ1v) is 10.4. The van der Waals surface area contributed by atoms with Crippen molar-refractivity contribution < 1.29 is 57.8 Å². The quantitative estimate of drug-likeness (QED) is 0.297. The van der Waals surface area contributed by atoms with Crippen molar-refractivity contribution in [2.24, 2.45) is 0 Å². The molecule has 13 heteroatoms. The third kappa shape index (κ3) is 7.47. The standard InChI is InChI=1S/C21H25ClO12/c1-9(23)29-8-16-18(31-10(2)24)19(32-11(3)25)20(33-12(4)26)21(34-16)30-7-13-5-14(27)6-15(22)17(13)28/h5-6,16,18-21,27-28H,7-8H2,1-4H3/t16-,18-,19+,20+,21+/m1/s1. The normalized spacial score (nSPS) is 24.1. The van der Waals surface area contributed by atoms with Crippen LogP contribution in [-0.4, -0.2) is 71.4 Å². The Hall–Kier alpha value is -3.09. The van der Waals surface area contributed by atoms with Crippen molar-refractivity contribution in [2.45, 2.75) is 65.0 Å². The van der Waals surface area contributed by atoms with Crippen molar-refractivity contribution in [3.8, 4) is 11.5 Å². The number of halogens is 1. The lowest BCUT2D eigenvalue weighted by atomic mass is 9.98. The number of phenols is 2. The highest BCUT2D eigenvalue weighted by Gasteiger charge is 2.52. The molecule has 2 rings (SSSR count). The molecule has 0 aliphatic carbocycles. The van der Waals surface area contributed by atoms with Gasteiger partial charge in [-0.25, -0.2) is 0 Å². The molecule has 0 bridgehead atoms. The summed E-state index contributed by atoms with van der Waals surface area (Å²) in [5.41, 5.74) is 0.0675. The number of rotatable bonds is 8. The molecule has 0 spiro atoms. The van der Waals surface area contributed by atoms with Crippen LogP contribution in [0.3, 0.4) is 0 Å². The van der Waals surface area contributed by atoms with E-state index in [9.17, 15) is 29.4 Å². The van der Waals surface area contributed by atoms with Crippen LogP contribution in [0, 0.1) is 0 Å². The maximum Gasteiger partial charge on any atom is 0.303 e. The molecule has 5 atom stereocenters. The first kappa shape index (κ1) is 27.2. The molecular formula is C21H25ClO12. The van der Waals surface area contributed by atoms with Crippen LogP contribution in [0.25, 0.3) is 0 Å². The zero-order valence-electron chi connectivity index (χ0n) is 18.8. The largest absolute Gasteiger partial charge is 0.508 e. The predicted molar refractivity (Wildman–Crippen MR) is 112 cm³/mol. The average Bonchev–Trinajstić information content (AvgIpc) is 2.70. The Morgan fingerprint density at radius 1 is 0.882 bits per heavy atom. The van der Waals surface area contributed by atoms with E-state index >= 15 is 0 Å². The van der Waals surface area contributed by atoms with Gasteiger partial charge in [-0.1, -0.05) is 11.6 Å². The van der Waals surface area contributed by atoms with E-state index in [1.807, 2.05) is 0 Å². The van der Waals surface area contributed by atoms with Crippen molar-refractivity contribution in [2.75, 3.05) is 6.61 Å². The molecule has 0 amide bonds. The fourth-order valence-electron chi connectivity index (χ4n) is 3.24. The highest BCUT2D eigenvalue weighted by atomic mass is 35.5. The summed E-state index contributed by atoms with van der Waals surface area (Å²) in [6, 6.07) is 2.31. The predicted octanol–water partition coefficient (Wildman–Crippen LogP) is 1.35. The summed E-state index contributed by atoms with van der Waals surface area (Å²) < 4.78 is 32.2. The van der Waals surface area contributed by atoms with Gasteiger partial charge in [0.15, 0.2) is 24.6 Å². The van der Waals surface area contributed by atoms with Crippen molar-refractivity contribution in [3.05, 3.63) is 22.7 Å². The fraction of sp³-hybridized carbons (Fsp3) is 0.524. The van der Waals surface area contributed by atoms with E-state index in [0.29, 0.717) is 0 Å². The van der Waals surface area contributed by atoms with Gasteiger partial charge in [-0.2, -0.15) is 0 Å². The van der Waals surface area contributed by atoms with Crippen LogP contribution in [0.1, 0.15) is 33.3 Å². The second-order valence-electron chi connectivity index (χ2n) is 7.31. The van der Waals surface area contributed by atoms with Crippen LogP contribution in [0.2, 0.25) is 5.02 Å². The van der Waals surface area contributed by atoms with Gasteiger partial charge in [0, 0.05) is 39.3 Å². The molecule has 1 aliphatic rings. The molecule has 1 aromatic carbocycles. The minimum absolute atomic E-state index is 0.0675. The first-order valence-electron chi connectivity index (χ1n) is 10.0. The van der Waals surface area contributed by atoms with Gasteiger partial charge in [-0.3, -0.25) is 19.2 Å². The Labute approximate surface area is 199 Å². The Bertz CT molecular complexity index is 933. The van der Waals surface area contributed by atoms with Crippen LogP contribution >= 0.6 is 11.6 Å². The lowest BCUT2D eigenvalue weighted by Crippen LogP contribution is -2.62. The molecular weight excluding hydrogens is 480 g/mol. The number of esters is 4. The van der Waals surface area contributed by atoms with Gasteiger partial charge in [-0.15, -0.1) is 0 Å². The number of hydrogen-bond acceptors (Lipinski definition) is 12. The Morgan fingerprint density at radius 3 is 2.00 bits per heavy atom. The molecule has 1 fully saturated rings. The summed E-state index contributed by atoms with van der Waals surface area (Å²) in [7, 11) is 0. The van der Waals surface area contributed by atoms with Crippen LogP contribution in [-0.2, 0) is 54.2 Å². The Kier molecular flexibility index (Phi) is 9.47. The van der Waals surface area contributed by atoms with Crippen LogP contribution in [0.5, 0.6) is 11.5 Å². The summed E-state index contributed by atoms with van der Waals surface area (Å²) >= 11 is 5.86. The number of carbonyl (C=O) groups is 4. The lowest BCUT2D eigenvalue weighted by molar-refractivity contribution is -0.310. The summed E-state index contributed by atoms with van der Waals surface area (Å²) in [5, 5.41) is 19.7. The highest BCUT2D eigenvalue weighted by Crippen LogP contribution is 2.34. The molecule has 0 saturated carbocycles. The van der Waals surface area contributed by atoms with Crippen molar-refractivity contribution in [1.29, 1.82) is 0 Å². The lowest BCUT2D eigenvalue weighted by Gasteiger charge is -2.44. The van der Waals surface area contributed by atoms with Gasteiger partial charge in [0.05, 0.1) is 11.6 Å². The zero-order valence-corrected chi connectivity index (χ0v) is 19.6. The van der Waals surface area contributed by atoms with E-state index in [4.69, 9.17) is 40.0 Å². The van der Waals surface area contributed by atoms with Crippen LogP contribution < -0.4 is 0 Å². The number of hydrogen-bond donors (Lipinski definition) is 2. The van der Waals surface area contributed by atoms with E-state index in [1.165, 1.54) is 6.07 Å². The third-order valence-electron chi connectivity index (χ3n) is 4.48.